The molecule has 0 saturated heterocycles. The Labute approximate surface area is 99.7 Å². The van der Waals surface area contributed by atoms with Crippen molar-refractivity contribution in [3.63, 3.8) is 0 Å². The molecule has 84 valence electrons. The van der Waals surface area contributed by atoms with Gasteiger partial charge in [-0.05, 0) is 48.6 Å². The number of nitrogen functional groups attached to an aromatic ring is 1. The molecule has 0 radical (unpaired) electrons. The second-order valence-corrected chi connectivity index (χ2v) is 4.75. The van der Waals surface area contributed by atoms with Crippen LogP contribution >= 0.6 is 11.3 Å². The number of hydrogen-bond donors (Lipinski definition) is 1. The maximum Gasteiger partial charge on any atom is 0.142 e. The van der Waals surface area contributed by atoms with Crippen molar-refractivity contribution >= 4 is 17.0 Å². The molecule has 0 aliphatic heterocycles. The molecule has 16 heavy (non-hydrogen) atoms. The number of aryl methyl sites for hydroxylation is 1. The largest absolute Gasteiger partial charge is 0.492 e. The molecule has 2 N–H and O–H groups in total. The first-order valence-electron chi connectivity index (χ1n) is 5.28. The van der Waals surface area contributed by atoms with Crippen LogP contribution in [0.3, 0.4) is 0 Å². The summed E-state index contributed by atoms with van der Waals surface area (Å²) >= 11 is 1.75. The van der Waals surface area contributed by atoms with E-state index in [9.17, 15) is 0 Å². The quantitative estimate of drug-likeness (QED) is 0.820. The lowest BCUT2D eigenvalue weighted by atomic mass is 10.1. The lowest BCUT2D eigenvalue weighted by Crippen LogP contribution is -1.96. The van der Waals surface area contributed by atoms with Crippen LogP contribution in [0.1, 0.15) is 11.8 Å². The highest BCUT2D eigenvalue weighted by Crippen LogP contribution is 2.30. The summed E-state index contributed by atoms with van der Waals surface area (Å²) in [6.45, 7) is 4.70. The summed E-state index contributed by atoms with van der Waals surface area (Å²) in [6, 6.07) is 8.11. The first-order chi connectivity index (χ1) is 7.70. The average Bonchev–Trinajstić information content (AvgIpc) is 2.68. The van der Waals surface area contributed by atoms with Crippen LogP contribution in [-0.4, -0.2) is 6.61 Å². The lowest BCUT2D eigenvalue weighted by molar-refractivity contribution is 0.342. The minimum absolute atomic E-state index is 0.640. The Bertz CT molecular complexity index is 490. The lowest BCUT2D eigenvalue weighted by Gasteiger charge is -2.07. The molecular formula is C13H15NOS. The van der Waals surface area contributed by atoms with E-state index in [1.165, 1.54) is 10.4 Å². The Kier molecular flexibility index (Phi) is 3.15. The molecule has 1 aromatic carbocycles. The topological polar surface area (TPSA) is 35.2 Å². The second-order valence-electron chi connectivity index (χ2n) is 3.63. The predicted molar refractivity (Wildman–Crippen MR) is 70.1 cm³/mol. The molecule has 2 rings (SSSR count). The zero-order valence-corrected chi connectivity index (χ0v) is 10.3. The fraction of sp³-hybridized carbons (Fsp3) is 0.231. The molecule has 2 nitrogen and oxygen atoms in total. The van der Waals surface area contributed by atoms with Gasteiger partial charge in [0.2, 0.25) is 0 Å². The van der Waals surface area contributed by atoms with Crippen LogP contribution in [0.4, 0.5) is 5.69 Å². The SMILES string of the molecule is CCOc1ccc(-c2csc(C)c2)cc1N. The van der Waals surface area contributed by atoms with Crippen LogP contribution in [0.2, 0.25) is 0 Å². The number of anilines is 1. The third-order valence-corrected chi connectivity index (χ3v) is 3.23. The standard InChI is InChI=1S/C13H15NOS/c1-3-15-13-5-4-10(7-12(13)14)11-6-9(2)16-8-11/h4-8H,3,14H2,1-2H3. The third-order valence-electron chi connectivity index (χ3n) is 2.37. The minimum Gasteiger partial charge on any atom is -0.492 e. The first-order valence-corrected chi connectivity index (χ1v) is 6.16. The summed E-state index contributed by atoms with van der Waals surface area (Å²) in [5.41, 5.74) is 8.99. The van der Waals surface area contributed by atoms with Crippen molar-refractivity contribution in [3.8, 4) is 16.9 Å². The van der Waals surface area contributed by atoms with E-state index in [1.54, 1.807) is 11.3 Å². The highest BCUT2D eigenvalue weighted by molar-refractivity contribution is 7.10. The number of ether oxygens (including phenoxy) is 1. The van der Waals surface area contributed by atoms with Gasteiger partial charge in [-0.3, -0.25) is 0 Å². The molecule has 0 spiro atoms. The molecule has 0 atom stereocenters. The van der Waals surface area contributed by atoms with Crippen LogP contribution in [0.5, 0.6) is 5.75 Å². The van der Waals surface area contributed by atoms with Gasteiger partial charge in [0, 0.05) is 4.88 Å². The molecular weight excluding hydrogens is 218 g/mol. The number of hydrogen-bond acceptors (Lipinski definition) is 3. The smallest absolute Gasteiger partial charge is 0.142 e. The Morgan fingerprint density at radius 1 is 1.25 bits per heavy atom. The Balaban J connectivity index is 2.34. The normalized spacial score (nSPS) is 10.4. The molecule has 0 aliphatic rings. The van der Waals surface area contributed by atoms with E-state index >= 15 is 0 Å². The van der Waals surface area contributed by atoms with Gasteiger partial charge in [-0.2, -0.15) is 0 Å². The summed E-state index contributed by atoms with van der Waals surface area (Å²) in [5, 5.41) is 2.14. The fourth-order valence-electron chi connectivity index (χ4n) is 1.61. The predicted octanol–water partition coefficient (Wildman–Crippen LogP) is 3.70. The van der Waals surface area contributed by atoms with Crippen LogP contribution in [0, 0.1) is 6.92 Å². The van der Waals surface area contributed by atoms with E-state index in [2.05, 4.69) is 18.4 Å². The molecule has 0 saturated carbocycles. The molecule has 1 aromatic heterocycles. The van der Waals surface area contributed by atoms with Crippen LogP contribution < -0.4 is 10.5 Å². The van der Waals surface area contributed by atoms with Crippen molar-refractivity contribution in [1.29, 1.82) is 0 Å². The summed E-state index contributed by atoms with van der Waals surface area (Å²) < 4.78 is 5.41. The van der Waals surface area contributed by atoms with E-state index < -0.39 is 0 Å². The molecule has 0 unspecified atom stereocenters. The molecule has 0 amide bonds. The first kappa shape index (κ1) is 11.0. The van der Waals surface area contributed by atoms with Crippen molar-refractivity contribution < 1.29 is 4.74 Å². The number of rotatable bonds is 3. The maximum atomic E-state index is 5.93. The zero-order valence-electron chi connectivity index (χ0n) is 9.49. The molecule has 0 fully saturated rings. The summed E-state index contributed by atoms with van der Waals surface area (Å²) in [6.07, 6.45) is 0. The van der Waals surface area contributed by atoms with E-state index in [-0.39, 0.29) is 0 Å². The molecule has 0 aliphatic carbocycles. The van der Waals surface area contributed by atoms with E-state index in [1.807, 2.05) is 25.1 Å². The van der Waals surface area contributed by atoms with Gasteiger partial charge in [-0.1, -0.05) is 6.07 Å². The van der Waals surface area contributed by atoms with Gasteiger partial charge in [0.05, 0.1) is 12.3 Å². The van der Waals surface area contributed by atoms with Crippen molar-refractivity contribution in [2.24, 2.45) is 0 Å². The third kappa shape index (κ3) is 2.19. The Hall–Kier alpha value is -1.48. The Morgan fingerprint density at radius 3 is 2.62 bits per heavy atom. The summed E-state index contributed by atoms with van der Waals surface area (Å²) in [4.78, 5) is 1.31. The monoisotopic (exact) mass is 233 g/mol. The van der Waals surface area contributed by atoms with Crippen molar-refractivity contribution in [2.75, 3.05) is 12.3 Å². The van der Waals surface area contributed by atoms with Gasteiger partial charge in [0.15, 0.2) is 0 Å². The van der Waals surface area contributed by atoms with Gasteiger partial charge < -0.3 is 10.5 Å². The number of benzene rings is 1. The number of thiophene rings is 1. The van der Waals surface area contributed by atoms with E-state index in [0.29, 0.717) is 12.3 Å². The van der Waals surface area contributed by atoms with Crippen LogP contribution in [0.25, 0.3) is 11.1 Å². The fourth-order valence-corrected chi connectivity index (χ4v) is 2.32. The van der Waals surface area contributed by atoms with Crippen molar-refractivity contribution in [1.82, 2.24) is 0 Å². The Morgan fingerprint density at radius 2 is 2.06 bits per heavy atom. The van der Waals surface area contributed by atoms with Gasteiger partial charge in [0.1, 0.15) is 5.75 Å². The minimum atomic E-state index is 0.640. The van der Waals surface area contributed by atoms with Crippen LogP contribution in [0.15, 0.2) is 29.6 Å². The van der Waals surface area contributed by atoms with Crippen molar-refractivity contribution in [3.05, 3.63) is 34.5 Å². The van der Waals surface area contributed by atoms with Gasteiger partial charge in [-0.25, -0.2) is 0 Å². The van der Waals surface area contributed by atoms with Gasteiger partial charge >= 0.3 is 0 Å². The summed E-state index contributed by atoms with van der Waals surface area (Å²) in [5.74, 6) is 0.762. The van der Waals surface area contributed by atoms with Crippen LogP contribution in [-0.2, 0) is 0 Å². The van der Waals surface area contributed by atoms with E-state index in [0.717, 1.165) is 11.3 Å². The number of nitrogens with two attached hydrogens (primary N) is 1. The maximum absolute atomic E-state index is 5.93. The molecule has 0 bridgehead atoms. The zero-order chi connectivity index (χ0) is 11.5. The molecule has 3 heteroatoms. The highest BCUT2D eigenvalue weighted by Gasteiger charge is 2.04. The average molecular weight is 233 g/mol. The van der Waals surface area contributed by atoms with Gasteiger partial charge in [-0.15, -0.1) is 11.3 Å². The summed E-state index contributed by atoms with van der Waals surface area (Å²) in [7, 11) is 0. The second kappa shape index (κ2) is 4.58. The highest BCUT2D eigenvalue weighted by atomic mass is 32.1. The molecule has 2 aromatic rings. The van der Waals surface area contributed by atoms with E-state index in [4.69, 9.17) is 10.5 Å². The molecule has 1 heterocycles. The van der Waals surface area contributed by atoms with Gasteiger partial charge in [0.25, 0.3) is 0 Å². The van der Waals surface area contributed by atoms with Crippen molar-refractivity contribution in [2.45, 2.75) is 13.8 Å².